The highest BCUT2D eigenvalue weighted by Gasteiger charge is 2.13. The molecule has 0 aliphatic heterocycles. The summed E-state index contributed by atoms with van der Waals surface area (Å²) in [5.41, 5.74) is 6.23. The van der Waals surface area contributed by atoms with Crippen molar-refractivity contribution in [2.75, 3.05) is 0 Å². The molecule has 25 heavy (non-hydrogen) atoms. The second-order valence-corrected chi connectivity index (χ2v) is 8.33. The molecule has 0 fully saturated rings. The lowest BCUT2D eigenvalue weighted by Gasteiger charge is -2.19. The smallest absolute Gasteiger partial charge is 0.277 e. The Kier molecular flexibility index (Phi) is 5.00. The molecule has 0 saturated heterocycles. The van der Waals surface area contributed by atoms with E-state index in [4.69, 9.17) is 4.42 Å². The van der Waals surface area contributed by atoms with Crippen LogP contribution >= 0.6 is 11.8 Å². The Labute approximate surface area is 153 Å². The highest BCUT2D eigenvalue weighted by Crippen LogP contribution is 2.28. The average molecular weight is 353 g/mol. The summed E-state index contributed by atoms with van der Waals surface area (Å²) in [7, 11) is 0. The van der Waals surface area contributed by atoms with Gasteiger partial charge in [-0.05, 0) is 53.6 Å². The molecule has 3 aromatic rings. The van der Waals surface area contributed by atoms with Crippen molar-refractivity contribution in [3.63, 3.8) is 0 Å². The van der Waals surface area contributed by atoms with E-state index in [2.05, 4.69) is 81.2 Å². The summed E-state index contributed by atoms with van der Waals surface area (Å²) < 4.78 is 5.81. The molecule has 0 saturated carbocycles. The molecule has 130 valence electrons. The SMILES string of the molecule is Cc1ccc(-c2nnc(SCc3ccc(C(C)(C)C)cc3)o2)cc1C. The molecule has 0 N–H and O–H groups in total. The fourth-order valence-electron chi connectivity index (χ4n) is 2.51. The lowest BCUT2D eigenvalue weighted by Crippen LogP contribution is -2.10. The number of hydrogen-bond donors (Lipinski definition) is 0. The van der Waals surface area contributed by atoms with Gasteiger partial charge in [0.15, 0.2) is 0 Å². The fourth-order valence-corrected chi connectivity index (χ4v) is 3.22. The minimum absolute atomic E-state index is 0.180. The van der Waals surface area contributed by atoms with Gasteiger partial charge in [0.05, 0.1) is 0 Å². The molecule has 0 radical (unpaired) electrons. The molecule has 1 aromatic heterocycles. The number of hydrogen-bond acceptors (Lipinski definition) is 4. The highest BCUT2D eigenvalue weighted by molar-refractivity contribution is 7.98. The molecule has 3 rings (SSSR count). The number of benzene rings is 2. The van der Waals surface area contributed by atoms with Crippen LogP contribution in [0.15, 0.2) is 52.1 Å². The zero-order valence-electron chi connectivity index (χ0n) is 15.5. The van der Waals surface area contributed by atoms with E-state index in [-0.39, 0.29) is 5.41 Å². The number of thioether (sulfide) groups is 1. The van der Waals surface area contributed by atoms with Gasteiger partial charge in [-0.15, -0.1) is 10.2 Å². The van der Waals surface area contributed by atoms with Crippen LogP contribution in [0.1, 0.15) is 43.0 Å². The lowest BCUT2D eigenvalue weighted by atomic mass is 9.87. The van der Waals surface area contributed by atoms with Gasteiger partial charge >= 0.3 is 0 Å². The van der Waals surface area contributed by atoms with Crippen molar-refractivity contribution >= 4 is 11.8 Å². The lowest BCUT2D eigenvalue weighted by molar-refractivity contribution is 0.466. The topological polar surface area (TPSA) is 38.9 Å². The molecular weight excluding hydrogens is 328 g/mol. The van der Waals surface area contributed by atoms with Crippen LogP contribution in [0, 0.1) is 13.8 Å². The van der Waals surface area contributed by atoms with Gasteiger partial charge in [-0.1, -0.05) is 62.9 Å². The molecule has 0 spiro atoms. The van der Waals surface area contributed by atoms with E-state index < -0.39 is 0 Å². The van der Waals surface area contributed by atoms with Gasteiger partial charge in [-0.25, -0.2) is 0 Å². The molecular formula is C21H24N2OS. The number of rotatable bonds is 4. The second-order valence-electron chi connectivity index (χ2n) is 7.41. The summed E-state index contributed by atoms with van der Waals surface area (Å²) in [6.07, 6.45) is 0. The van der Waals surface area contributed by atoms with E-state index in [1.165, 1.54) is 22.3 Å². The molecule has 0 bridgehead atoms. The first kappa shape index (κ1) is 17.7. The molecule has 0 atom stereocenters. The monoisotopic (exact) mass is 352 g/mol. The summed E-state index contributed by atoms with van der Waals surface area (Å²) in [5, 5.41) is 8.95. The molecule has 3 nitrogen and oxygen atoms in total. The second kappa shape index (κ2) is 7.04. The van der Waals surface area contributed by atoms with Crippen LogP contribution in [0.2, 0.25) is 0 Å². The summed E-state index contributed by atoms with van der Waals surface area (Å²) in [6, 6.07) is 14.9. The Morgan fingerprint density at radius 1 is 0.920 bits per heavy atom. The van der Waals surface area contributed by atoms with Crippen molar-refractivity contribution in [2.24, 2.45) is 0 Å². The molecule has 1 heterocycles. The molecule has 0 unspecified atom stereocenters. The van der Waals surface area contributed by atoms with E-state index in [0.29, 0.717) is 11.1 Å². The first-order valence-electron chi connectivity index (χ1n) is 8.46. The number of aryl methyl sites for hydroxylation is 2. The predicted molar refractivity (Wildman–Crippen MR) is 104 cm³/mol. The van der Waals surface area contributed by atoms with Crippen LogP contribution < -0.4 is 0 Å². The zero-order chi connectivity index (χ0) is 18.0. The Morgan fingerprint density at radius 3 is 2.28 bits per heavy atom. The minimum atomic E-state index is 0.180. The van der Waals surface area contributed by atoms with Crippen molar-refractivity contribution in [1.29, 1.82) is 0 Å². The Bertz CT molecular complexity index is 860. The van der Waals surface area contributed by atoms with Gasteiger partial charge in [0.1, 0.15) is 0 Å². The van der Waals surface area contributed by atoms with Crippen LogP contribution in [0.25, 0.3) is 11.5 Å². The minimum Gasteiger partial charge on any atom is -0.411 e. The van der Waals surface area contributed by atoms with Crippen LogP contribution in [0.3, 0.4) is 0 Å². The number of aromatic nitrogens is 2. The van der Waals surface area contributed by atoms with Crippen LogP contribution in [-0.2, 0) is 11.2 Å². The summed E-state index contributed by atoms with van der Waals surface area (Å²) in [5.74, 6) is 1.40. The standard InChI is InChI=1S/C21H24N2OS/c1-14-6-9-17(12-15(14)2)19-22-23-20(24-19)25-13-16-7-10-18(11-8-16)21(3,4)5/h6-12H,13H2,1-5H3. The summed E-state index contributed by atoms with van der Waals surface area (Å²) in [4.78, 5) is 0. The number of nitrogens with zero attached hydrogens (tertiary/aromatic N) is 2. The third-order valence-electron chi connectivity index (χ3n) is 4.34. The van der Waals surface area contributed by atoms with Gasteiger partial charge in [0, 0.05) is 11.3 Å². The first-order chi connectivity index (χ1) is 11.8. The zero-order valence-corrected chi connectivity index (χ0v) is 16.3. The van der Waals surface area contributed by atoms with Crippen LogP contribution in [-0.4, -0.2) is 10.2 Å². The maximum atomic E-state index is 5.81. The van der Waals surface area contributed by atoms with Crippen molar-refractivity contribution in [3.8, 4) is 11.5 Å². The third-order valence-corrected chi connectivity index (χ3v) is 5.23. The van der Waals surface area contributed by atoms with Gasteiger partial charge in [-0.3, -0.25) is 0 Å². The van der Waals surface area contributed by atoms with Crippen molar-refractivity contribution in [2.45, 2.75) is 51.0 Å². The molecule has 0 aliphatic rings. The summed E-state index contributed by atoms with van der Waals surface area (Å²) in [6.45, 7) is 10.9. The largest absolute Gasteiger partial charge is 0.411 e. The molecule has 2 aromatic carbocycles. The van der Waals surface area contributed by atoms with Gasteiger partial charge in [0.2, 0.25) is 5.89 Å². The van der Waals surface area contributed by atoms with E-state index >= 15 is 0 Å². The maximum Gasteiger partial charge on any atom is 0.277 e. The predicted octanol–water partition coefficient (Wildman–Crippen LogP) is 5.94. The Balaban J connectivity index is 1.66. The van der Waals surface area contributed by atoms with E-state index in [9.17, 15) is 0 Å². The Morgan fingerprint density at radius 2 is 1.64 bits per heavy atom. The Hall–Kier alpha value is -2.07. The summed E-state index contributed by atoms with van der Waals surface area (Å²) >= 11 is 1.57. The first-order valence-corrected chi connectivity index (χ1v) is 9.45. The van der Waals surface area contributed by atoms with E-state index in [1.807, 2.05) is 6.07 Å². The molecule has 0 amide bonds. The molecule has 4 heteroatoms. The quantitative estimate of drug-likeness (QED) is 0.544. The van der Waals surface area contributed by atoms with E-state index in [0.717, 1.165) is 11.3 Å². The third kappa shape index (κ3) is 4.31. The van der Waals surface area contributed by atoms with Crippen LogP contribution in [0.5, 0.6) is 0 Å². The van der Waals surface area contributed by atoms with Crippen molar-refractivity contribution < 1.29 is 4.42 Å². The van der Waals surface area contributed by atoms with E-state index in [1.54, 1.807) is 11.8 Å². The van der Waals surface area contributed by atoms with Crippen molar-refractivity contribution in [1.82, 2.24) is 10.2 Å². The van der Waals surface area contributed by atoms with Gasteiger partial charge < -0.3 is 4.42 Å². The molecule has 0 aliphatic carbocycles. The van der Waals surface area contributed by atoms with Gasteiger partial charge in [-0.2, -0.15) is 0 Å². The fraction of sp³-hybridized carbons (Fsp3) is 0.333. The maximum absolute atomic E-state index is 5.81. The normalized spacial score (nSPS) is 11.7. The van der Waals surface area contributed by atoms with Gasteiger partial charge in [0.25, 0.3) is 5.22 Å². The van der Waals surface area contributed by atoms with Crippen LogP contribution in [0.4, 0.5) is 0 Å². The average Bonchev–Trinajstić information content (AvgIpc) is 3.04. The van der Waals surface area contributed by atoms with Crippen molar-refractivity contribution in [3.05, 3.63) is 64.7 Å². The highest BCUT2D eigenvalue weighted by atomic mass is 32.2.